The number of pyridine rings is 1. The second-order valence-corrected chi connectivity index (χ2v) is 7.56. The van der Waals surface area contributed by atoms with Crippen LogP contribution < -0.4 is 5.32 Å². The van der Waals surface area contributed by atoms with Gasteiger partial charge in [0.2, 0.25) is 5.91 Å². The van der Waals surface area contributed by atoms with Crippen LogP contribution in [0.25, 0.3) is 5.69 Å². The Balaban J connectivity index is 1.49. The van der Waals surface area contributed by atoms with Crippen molar-refractivity contribution >= 4 is 5.91 Å². The summed E-state index contributed by atoms with van der Waals surface area (Å²) in [5.74, 6) is -0.00855. The molecule has 156 valence electrons. The van der Waals surface area contributed by atoms with E-state index in [0.29, 0.717) is 12.8 Å². The summed E-state index contributed by atoms with van der Waals surface area (Å²) >= 11 is 0. The van der Waals surface area contributed by atoms with Gasteiger partial charge in [-0.05, 0) is 55.7 Å². The van der Waals surface area contributed by atoms with E-state index in [9.17, 15) is 4.79 Å². The fraction of sp³-hybridized carbons (Fsp3) is 0.192. The average molecular weight is 411 g/mol. The number of nitrogens with one attached hydrogen (secondary N) is 1. The van der Waals surface area contributed by atoms with Crippen LogP contribution in [0, 0.1) is 13.8 Å². The third-order valence-corrected chi connectivity index (χ3v) is 5.47. The van der Waals surface area contributed by atoms with Gasteiger partial charge in [-0.2, -0.15) is 5.10 Å². The SMILES string of the molecule is Cc1nn(-c2ccccc2)c(C)c1CCC(=O)NC(c1ccccc1)c1ccccn1. The molecule has 0 saturated carbocycles. The Morgan fingerprint density at radius 3 is 2.29 bits per heavy atom. The molecule has 0 bridgehead atoms. The summed E-state index contributed by atoms with van der Waals surface area (Å²) in [4.78, 5) is 17.4. The second kappa shape index (κ2) is 9.39. The number of carbonyl (C=O) groups is 1. The zero-order valence-corrected chi connectivity index (χ0v) is 17.8. The molecule has 1 N–H and O–H groups in total. The Bertz CT molecular complexity index is 1100. The van der Waals surface area contributed by atoms with Gasteiger partial charge in [0.25, 0.3) is 0 Å². The van der Waals surface area contributed by atoms with Crippen LogP contribution in [-0.2, 0) is 11.2 Å². The van der Waals surface area contributed by atoms with Gasteiger partial charge >= 0.3 is 0 Å². The molecule has 2 aromatic carbocycles. The Kier molecular flexibility index (Phi) is 6.22. The van der Waals surface area contributed by atoms with E-state index in [1.54, 1.807) is 6.20 Å². The van der Waals surface area contributed by atoms with Crippen LogP contribution in [-0.4, -0.2) is 20.7 Å². The molecular weight excluding hydrogens is 384 g/mol. The van der Waals surface area contributed by atoms with Crippen LogP contribution in [0.1, 0.15) is 40.7 Å². The Labute approximate surface area is 182 Å². The predicted octanol–water partition coefficient (Wildman–Crippen LogP) is 4.72. The van der Waals surface area contributed by atoms with Gasteiger partial charge in [0, 0.05) is 18.3 Å². The zero-order valence-electron chi connectivity index (χ0n) is 17.8. The van der Waals surface area contributed by atoms with E-state index in [2.05, 4.69) is 22.3 Å². The van der Waals surface area contributed by atoms with Crippen molar-refractivity contribution in [1.82, 2.24) is 20.1 Å². The second-order valence-electron chi connectivity index (χ2n) is 7.56. The minimum atomic E-state index is -0.274. The van der Waals surface area contributed by atoms with E-state index >= 15 is 0 Å². The third kappa shape index (κ3) is 4.72. The molecule has 1 unspecified atom stereocenters. The molecular formula is C26H26N4O. The molecule has 0 aliphatic heterocycles. The first-order chi connectivity index (χ1) is 15.1. The summed E-state index contributed by atoms with van der Waals surface area (Å²) in [5, 5.41) is 7.86. The highest BCUT2D eigenvalue weighted by atomic mass is 16.1. The lowest BCUT2D eigenvalue weighted by molar-refractivity contribution is -0.121. The zero-order chi connectivity index (χ0) is 21.6. The number of aromatic nitrogens is 3. The largest absolute Gasteiger partial charge is 0.344 e. The van der Waals surface area contributed by atoms with E-state index in [0.717, 1.165) is 33.9 Å². The summed E-state index contributed by atoms with van der Waals surface area (Å²) in [6.07, 6.45) is 2.78. The van der Waals surface area contributed by atoms with Crippen LogP contribution in [0.3, 0.4) is 0 Å². The molecule has 1 atom stereocenters. The van der Waals surface area contributed by atoms with Gasteiger partial charge in [-0.15, -0.1) is 0 Å². The summed E-state index contributed by atoms with van der Waals surface area (Å²) in [6, 6.07) is 25.5. The molecule has 4 rings (SSSR count). The van der Waals surface area contributed by atoms with Crippen molar-refractivity contribution in [2.24, 2.45) is 0 Å². The minimum Gasteiger partial charge on any atom is -0.344 e. The lowest BCUT2D eigenvalue weighted by Gasteiger charge is -2.19. The van der Waals surface area contributed by atoms with Crippen LogP contribution in [0.2, 0.25) is 0 Å². The number of carbonyl (C=O) groups excluding carboxylic acids is 1. The van der Waals surface area contributed by atoms with Gasteiger partial charge in [0.15, 0.2) is 0 Å². The first kappa shape index (κ1) is 20.5. The van der Waals surface area contributed by atoms with Gasteiger partial charge in [-0.3, -0.25) is 9.78 Å². The van der Waals surface area contributed by atoms with Gasteiger partial charge in [-0.1, -0.05) is 54.6 Å². The van der Waals surface area contributed by atoms with Crippen LogP contribution >= 0.6 is 0 Å². The van der Waals surface area contributed by atoms with Crippen LogP contribution in [0.5, 0.6) is 0 Å². The number of benzene rings is 2. The number of rotatable bonds is 7. The maximum absolute atomic E-state index is 12.9. The van der Waals surface area contributed by atoms with Crippen molar-refractivity contribution < 1.29 is 4.79 Å². The molecule has 2 aromatic heterocycles. The van der Waals surface area contributed by atoms with Gasteiger partial charge in [0.1, 0.15) is 0 Å². The van der Waals surface area contributed by atoms with Crippen molar-refractivity contribution in [2.45, 2.75) is 32.7 Å². The molecule has 0 fully saturated rings. The summed E-state index contributed by atoms with van der Waals surface area (Å²) in [5.41, 5.74) is 6.01. The fourth-order valence-corrected chi connectivity index (χ4v) is 3.85. The van der Waals surface area contributed by atoms with Crippen LogP contribution in [0.15, 0.2) is 85.1 Å². The van der Waals surface area contributed by atoms with Crippen molar-refractivity contribution in [3.05, 3.63) is 113 Å². The third-order valence-electron chi connectivity index (χ3n) is 5.47. The van der Waals surface area contributed by atoms with Gasteiger partial charge in [-0.25, -0.2) is 4.68 Å². The lowest BCUT2D eigenvalue weighted by atomic mass is 10.0. The highest BCUT2D eigenvalue weighted by Gasteiger charge is 2.19. The number of hydrogen-bond acceptors (Lipinski definition) is 3. The topological polar surface area (TPSA) is 59.8 Å². The lowest BCUT2D eigenvalue weighted by Crippen LogP contribution is -2.30. The van der Waals surface area contributed by atoms with Gasteiger partial charge in [0.05, 0.1) is 23.1 Å². The average Bonchev–Trinajstić information content (AvgIpc) is 3.11. The van der Waals surface area contributed by atoms with E-state index in [1.807, 2.05) is 90.5 Å². The highest BCUT2D eigenvalue weighted by molar-refractivity contribution is 5.77. The first-order valence-corrected chi connectivity index (χ1v) is 10.5. The van der Waals surface area contributed by atoms with Gasteiger partial charge < -0.3 is 5.32 Å². The van der Waals surface area contributed by atoms with Crippen molar-refractivity contribution in [1.29, 1.82) is 0 Å². The number of amides is 1. The smallest absolute Gasteiger partial charge is 0.221 e. The molecule has 0 spiro atoms. The van der Waals surface area contributed by atoms with Crippen molar-refractivity contribution in [3.63, 3.8) is 0 Å². The maximum Gasteiger partial charge on any atom is 0.221 e. The summed E-state index contributed by atoms with van der Waals surface area (Å²) < 4.78 is 1.95. The Hall–Kier alpha value is -3.73. The van der Waals surface area contributed by atoms with Crippen molar-refractivity contribution in [3.8, 4) is 5.69 Å². The Morgan fingerprint density at radius 2 is 1.61 bits per heavy atom. The van der Waals surface area contributed by atoms with Crippen molar-refractivity contribution in [2.75, 3.05) is 0 Å². The van der Waals surface area contributed by atoms with E-state index < -0.39 is 0 Å². The molecule has 1 amide bonds. The molecule has 0 aliphatic rings. The molecule has 0 radical (unpaired) electrons. The molecule has 5 heteroatoms. The molecule has 5 nitrogen and oxygen atoms in total. The number of para-hydroxylation sites is 1. The summed E-state index contributed by atoms with van der Waals surface area (Å²) in [7, 11) is 0. The molecule has 2 heterocycles. The normalized spacial score (nSPS) is 11.8. The molecule has 0 saturated heterocycles. The molecule has 4 aromatic rings. The van der Waals surface area contributed by atoms with E-state index in [4.69, 9.17) is 0 Å². The monoisotopic (exact) mass is 410 g/mol. The molecule has 0 aliphatic carbocycles. The van der Waals surface area contributed by atoms with E-state index in [1.165, 1.54) is 0 Å². The predicted molar refractivity (Wildman–Crippen MR) is 122 cm³/mol. The number of nitrogens with zero attached hydrogens (tertiary/aromatic N) is 3. The number of aryl methyl sites for hydroxylation is 1. The summed E-state index contributed by atoms with van der Waals surface area (Å²) in [6.45, 7) is 4.06. The quantitative estimate of drug-likeness (QED) is 0.479. The minimum absolute atomic E-state index is 0.00855. The molecule has 31 heavy (non-hydrogen) atoms. The highest BCUT2D eigenvalue weighted by Crippen LogP contribution is 2.22. The number of hydrogen-bond donors (Lipinski definition) is 1. The standard InChI is InChI=1S/C26H26N4O/c1-19-23(20(2)30(29-19)22-13-7-4-8-14-22)16-17-25(31)28-26(21-11-5-3-6-12-21)24-15-9-10-18-27-24/h3-15,18,26H,16-17H2,1-2H3,(H,28,31). The Morgan fingerprint density at radius 1 is 0.935 bits per heavy atom. The fourth-order valence-electron chi connectivity index (χ4n) is 3.85. The maximum atomic E-state index is 12.9. The van der Waals surface area contributed by atoms with E-state index in [-0.39, 0.29) is 11.9 Å². The van der Waals surface area contributed by atoms with Crippen LogP contribution in [0.4, 0.5) is 0 Å². The first-order valence-electron chi connectivity index (χ1n) is 10.5.